The molecule has 16 heavy (non-hydrogen) atoms. The Labute approximate surface area is 94.8 Å². The number of pyridine rings is 1. The molecule has 86 valence electrons. The van der Waals surface area contributed by atoms with Gasteiger partial charge in [-0.1, -0.05) is 0 Å². The van der Waals surface area contributed by atoms with Gasteiger partial charge in [-0.3, -0.25) is 5.73 Å². The minimum Gasteiger partial charge on any atom is -0.462 e. The van der Waals surface area contributed by atoms with Gasteiger partial charge in [0.05, 0.1) is 6.61 Å². The highest BCUT2D eigenvalue weighted by Crippen LogP contribution is 2.20. The molecule has 4 nitrogen and oxygen atoms in total. The van der Waals surface area contributed by atoms with Crippen LogP contribution in [0.3, 0.4) is 0 Å². The Bertz CT molecular complexity index is 416. The lowest BCUT2D eigenvalue weighted by Gasteiger charge is -2.13. The van der Waals surface area contributed by atoms with Gasteiger partial charge >= 0.3 is 5.97 Å². The fourth-order valence-corrected chi connectivity index (χ4v) is 2.09. The highest BCUT2D eigenvalue weighted by atomic mass is 16.5. The van der Waals surface area contributed by atoms with Crippen LogP contribution < -0.4 is 10.7 Å². The first-order chi connectivity index (χ1) is 7.72. The molecule has 0 amide bonds. The molecule has 0 bridgehead atoms. The zero-order valence-electron chi connectivity index (χ0n) is 9.51. The maximum absolute atomic E-state index is 11.6. The summed E-state index contributed by atoms with van der Waals surface area (Å²) >= 11 is 0. The van der Waals surface area contributed by atoms with Crippen molar-refractivity contribution in [2.45, 2.75) is 32.6 Å². The van der Waals surface area contributed by atoms with Gasteiger partial charge in [-0.2, -0.15) is 0 Å². The number of nitrogens with two attached hydrogens (primary N) is 1. The largest absolute Gasteiger partial charge is 0.462 e. The predicted octanol–water partition coefficient (Wildman–Crippen LogP) is 1.14. The molecule has 0 fully saturated rings. The number of carbonyl (C=O) groups excluding carboxylic acids is 1. The molecule has 4 heteroatoms. The van der Waals surface area contributed by atoms with Gasteiger partial charge in [0.15, 0.2) is 0 Å². The highest BCUT2D eigenvalue weighted by Gasteiger charge is 2.21. The van der Waals surface area contributed by atoms with Crippen LogP contribution in [0.5, 0.6) is 0 Å². The number of anilines is 1. The molecular weight excluding hydrogens is 204 g/mol. The lowest BCUT2D eigenvalue weighted by Crippen LogP contribution is -2.25. The van der Waals surface area contributed by atoms with Gasteiger partial charge in [0.25, 0.3) is 5.82 Å². The van der Waals surface area contributed by atoms with Crippen molar-refractivity contribution in [3.05, 3.63) is 22.9 Å². The molecule has 0 aromatic carbocycles. The number of carbonyl (C=O) groups is 1. The number of nitrogens with one attached hydrogen (secondary N) is 1. The average Bonchev–Trinajstić information content (AvgIpc) is 2.28. The van der Waals surface area contributed by atoms with E-state index >= 15 is 0 Å². The van der Waals surface area contributed by atoms with Gasteiger partial charge in [-0.05, 0) is 37.8 Å². The lowest BCUT2D eigenvalue weighted by molar-refractivity contribution is -0.374. The molecular formula is C12H17N2O2+. The van der Waals surface area contributed by atoms with Crippen LogP contribution in [0.15, 0.2) is 6.07 Å². The van der Waals surface area contributed by atoms with E-state index in [0.29, 0.717) is 18.0 Å². The number of hydrogen-bond donors (Lipinski definition) is 1. The first-order valence-electron chi connectivity index (χ1n) is 5.73. The number of aromatic amines is 1. The molecule has 0 saturated heterocycles. The van der Waals surface area contributed by atoms with Crippen molar-refractivity contribution in [3.63, 3.8) is 0 Å². The van der Waals surface area contributed by atoms with E-state index < -0.39 is 0 Å². The second-order valence-corrected chi connectivity index (χ2v) is 4.03. The molecule has 2 rings (SSSR count). The number of fused-ring (bicyclic) bond motifs is 1. The Morgan fingerprint density at radius 1 is 1.50 bits per heavy atom. The molecule has 0 radical (unpaired) electrons. The summed E-state index contributed by atoms with van der Waals surface area (Å²) in [6.45, 7) is 2.16. The standard InChI is InChI=1S/C12H16N2O2/c1-2-16-12(15)9-7-8-5-3-4-6-10(8)14-11(9)13/h7H,2-6H2,1H3,(H2,13,14)/p+1. The molecule has 0 unspecified atom stereocenters. The molecule has 1 aliphatic rings. The van der Waals surface area contributed by atoms with E-state index in [4.69, 9.17) is 10.5 Å². The zero-order valence-corrected chi connectivity index (χ0v) is 9.51. The van der Waals surface area contributed by atoms with Crippen LogP contribution >= 0.6 is 0 Å². The predicted molar refractivity (Wildman–Crippen MR) is 60.0 cm³/mol. The van der Waals surface area contributed by atoms with Crippen LogP contribution in [0.2, 0.25) is 0 Å². The Morgan fingerprint density at radius 2 is 2.25 bits per heavy atom. The molecule has 1 aromatic rings. The summed E-state index contributed by atoms with van der Waals surface area (Å²) in [5, 5.41) is 0. The zero-order chi connectivity index (χ0) is 11.5. The van der Waals surface area contributed by atoms with Crippen LogP contribution in [0, 0.1) is 0 Å². The minimum atomic E-state index is -0.343. The summed E-state index contributed by atoms with van der Waals surface area (Å²) in [7, 11) is 0. The first kappa shape index (κ1) is 10.9. The number of nitrogen functional groups attached to an aromatic ring is 1. The summed E-state index contributed by atoms with van der Waals surface area (Å²) < 4.78 is 4.96. The third-order valence-corrected chi connectivity index (χ3v) is 2.90. The minimum absolute atomic E-state index is 0.343. The smallest absolute Gasteiger partial charge is 0.346 e. The van der Waals surface area contributed by atoms with Gasteiger partial charge in [0, 0.05) is 6.42 Å². The molecule has 0 atom stereocenters. The van der Waals surface area contributed by atoms with Crippen LogP contribution in [-0.4, -0.2) is 12.6 Å². The summed E-state index contributed by atoms with van der Waals surface area (Å²) in [6.07, 6.45) is 4.38. The van der Waals surface area contributed by atoms with Gasteiger partial charge in [-0.25, -0.2) is 9.78 Å². The SMILES string of the molecule is CCOC(=O)c1cc2c([nH+]c1N)CCCC2. The van der Waals surface area contributed by atoms with Crippen LogP contribution in [0.1, 0.15) is 41.4 Å². The van der Waals surface area contributed by atoms with Crippen molar-refractivity contribution in [1.29, 1.82) is 0 Å². The third kappa shape index (κ3) is 2.01. The van der Waals surface area contributed by atoms with E-state index in [1.165, 1.54) is 18.4 Å². The van der Waals surface area contributed by atoms with Crippen molar-refractivity contribution in [3.8, 4) is 0 Å². The summed E-state index contributed by atoms with van der Waals surface area (Å²) in [6, 6.07) is 1.87. The molecule has 0 aliphatic heterocycles. The maximum Gasteiger partial charge on any atom is 0.346 e. The highest BCUT2D eigenvalue weighted by molar-refractivity contribution is 5.93. The van der Waals surface area contributed by atoms with Crippen molar-refractivity contribution in [2.75, 3.05) is 12.3 Å². The second-order valence-electron chi connectivity index (χ2n) is 4.03. The lowest BCUT2D eigenvalue weighted by atomic mass is 9.95. The molecule has 1 heterocycles. The summed E-state index contributed by atoms with van der Waals surface area (Å²) in [5.41, 5.74) is 8.64. The quantitative estimate of drug-likeness (QED) is 0.761. The summed E-state index contributed by atoms with van der Waals surface area (Å²) in [5.74, 6) is 0.0729. The van der Waals surface area contributed by atoms with E-state index in [0.717, 1.165) is 18.5 Å². The number of esters is 1. The number of H-pyrrole nitrogens is 1. The normalized spacial score (nSPS) is 14.3. The Balaban J connectivity index is 2.35. The first-order valence-corrected chi connectivity index (χ1v) is 5.73. The van der Waals surface area contributed by atoms with E-state index in [1.807, 2.05) is 6.07 Å². The van der Waals surface area contributed by atoms with Crippen LogP contribution in [0.4, 0.5) is 5.82 Å². The monoisotopic (exact) mass is 221 g/mol. The molecule has 0 saturated carbocycles. The number of aromatic nitrogens is 1. The van der Waals surface area contributed by atoms with Crippen LogP contribution in [0.25, 0.3) is 0 Å². The molecule has 1 aromatic heterocycles. The maximum atomic E-state index is 11.6. The van der Waals surface area contributed by atoms with Crippen molar-refractivity contribution >= 4 is 11.8 Å². The second kappa shape index (κ2) is 4.51. The number of hydrogen-bond acceptors (Lipinski definition) is 3. The van der Waals surface area contributed by atoms with E-state index in [9.17, 15) is 4.79 Å². The van der Waals surface area contributed by atoms with Gasteiger partial charge in [0.2, 0.25) is 0 Å². The summed E-state index contributed by atoms with van der Waals surface area (Å²) in [4.78, 5) is 14.7. The van der Waals surface area contributed by atoms with E-state index in [1.54, 1.807) is 6.92 Å². The van der Waals surface area contributed by atoms with Crippen molar-refractivity contribution in [2.24, 2.45) is 0 Å². The van der Waals surface area contributed by atoms with Crippen molar-refractivity contribution < 1.29 is 14.5 Å². The fourth-order valence-electron chi connectivity index (χ4n) is 2.09. The molecule has 0 spiro atoms. The van der Waals surface area contributed by atoms with Crippen LogP contribution in [-0.2, 0) is 17.6 Å². The van der Waals surface area contributed by atoms with E-state index in [-0.39, 0.29) is 5.97 Å². The van der Waals surface area contributed by atoms with Gasteiger partial charge in [-0.15, -0.1) is 0 Å². The van der Waals surface area contributed by atoms with Gasteiger partial charge in [0.1, 0.15) is 11.3 Å². The molecule has 3 N–H and O–H groups in total. The van der Waals surface area contributed by atoms with E-state index in [2.05, 4.69) is 4.98 Å². The number of ether oxygens (including phenoxy) is 1. The Morgan fingerprint density at radius 3 is 3.00 bits per heavy atom. The van der Waals surface area contributed by atoms with Crippen molar-refractivity contribution in [1.82, 2.24) is 0 Å². The fraction of sp³-hybridized carbons (Fsp3) is 0.500. The Hall–Kier alpha value is -1.58. The number of rotatable bonds is 2. The van der Waals surface area contributed by atoms with Gasteiger partial charge < -0.3 is 4.74 Å². The Kier molecular flexibility index (Phi) is 3.08. The topological polar surface area (TPSA) is 66.5 Å². The number of aryl methyl sites for hydroxylation is 2. The third-order valence-electron chi connectivity index (χ3n) is 2.90. The molecule has 1 aliphatic carbocycles. The average molecular weight is 221 g/mol.